The number of esters is 1. The van der Waals surface area contributed by atoms with Crippen LogP contribution in [-0.2, 0) is 23.8 Å². The first-order chi connectivity index (χ1) is 35.3. The molecule has 2 aliphatic heterocycles. The fourth-order valence-electron chi connectivity index (χ4n) is 12.3. The van der Waals surface area contributed by atoms with E-state index in [4.69, 9.17) is 14.2 Å². The van der Waals surface area contributed by atoms with Crippen molar-refractivity contribution in [1.29, 1.82) is 0 Å². The van der Waals surface area contributed by atoms with Gasteiger partial charge in [0.1, 0.15) is 47.1 Å². The minimum Gasteiger partial charge on any atom is -1.00 e. The summed E-state index contributed by atoms with van der Waals surface area (Å²) in [5, 5.41) is 64.0. The summed E-state index contributed by atoms with van der Waals surface area (Å²) in [6, 6.07) is 26.4. The number of cyclic esters (lactones) is 1. The summed E-state index contributed by atoms with van der Waals surface area (Å²) in [7, 11) is 1.84. The minimum absolute atomic E-state index is 0. The average Bonchev–Trinajstić information content (AvgIpc) is 3.35. The van der Waals surface area contributed by atoms with Crippen molar-refractivity contribution in [3.63, 3.8) is 0 Å². The molecule has 0 aromatic heterocycles. The van der Waals surface area contributed by atoms with Gasteiger partial charge in [-0.3, -0.25) is 9.59 Å². The van der Waals surface area contributed by atoms with Crippen molar-refractivity contribution in [2.24, 2.45) is 17.8 Å². The fraction of sp³-hybridized carbons (Fsp3) is 0.677. The van der Waals surface area contributed by atoms with Crippen molar-refractivity contribution in [2.75, 3.05) is 26.8 Å². The molecule has 0 bridgehead atoms. The van der Waals surface area contributed by atoms with Crippen LogP contribution in [0.3, 0.4) is 0 Å². The average molecular weight is 1100 g/mol. The van der Waals surface area contributed by atoms with Crippen LogP contribution in [0.5, 0.6) is 0 Å². The summed E-state index contributed by atoms with van der Waals surface area (Å²) < 4.78 is 18.6. The number of carbonyl (C=O) groups is 2. The Labute approximate surface area is 464 Å². The third kappa shape index (κ3) is 16.5. The van der Waals surface area contributed by atoms with Crippen LogP contribution in [0.15, 0.2) is 72.8 Å². The molecule has 0 saturated carbocycles. The lowest BCUT2D eigenvalue weighted by molar-refractivity contribution is -0.299. The van der Waals surface area contributed by atoms with Crippen LogP contribution in [0, 0.1) is 38.5 Å². The molecular formula is C62H98ClN2O10P. The molecule has 2 fully saturated rings. The second-order valence-corrected chi connectivity index (χ2v) is 27.3. The number of amides is 1. The summed E-state index contributed by atoms with van der Waals surface area (Å²) in [4.78, 5) is 31.7. The van der Waals surface area contributed by atoms with Crippen molar-refractivity contribution in [3.05, 3.63) is 89.5 Å². The summed E-state index contributed by atoms with van der Waals surface area (Å²) in [5.74, 6) is -3.33. The number of aryl methyl sites for hydroxylation is 3. The van der Waals surface area contributed by atoms with Crippen LogP contribution in [0.4, 0.5) is 0 Å². The Balaban J connectivity index is 0.0000125. The Morgan fingerprint density at radius 2 is 1.25 bits per heavy atom. The molecule has 428 valence electrons. The van der Waals surface area contributed by atoms with Crippen molar-refractivity contribution in [2.45, 2.75) is 226 Å². The first kappa shape index (κ1) is 65.5. The molecule has 0 radical (unpaired) electrons. The van der Waals surface area contributed by atoms with E-state index in [0.29, 0.717) is 12.8 Å². The van der Waals surface area contributed by atoms with Gasteiger partial charge < -0.3 is 62.0 Å². The molecule has 2 heterocycles. The molecule has 5 N–H and O–H groups in total. The molecule has 1 amide bonds. The number of hydrogen-bond donors (Lipinski definition) is 5. The smallest absolute Gasteiger partial charge is 0.311 e. The summed E-state index contributed by atoms with van der Waals surface area (Å²) in [5.41, 5.74) is 0.252. The van der Waals surface area contributed by atoms with E-state index in [1.54, 1.807) is 32.6 Å². The van der Waals surface area contributed by atoms with Crippen LogP contribution in [0.2, 0.25) is 0 Å². The maximum atomic E-state index is 14.4. The number of aliphatic hydroxyl groups excluding tert-OH is 3. The van der Waals surface area contributed by atoms with Crippen molar-refractivity contribution >= 4 is 35.1 Å². The van der Waals surface area contributed by atoms with Gasteiger partial charge in [-0.2, -0.15) is 0 Å². The lowest BCUT2D eigenvalue weighted by atomic mass is 9.78. The number of carbonyl (C=O) groups excluding carboxylic acids is 2. The number of aliphatic hydroxyl groups is 5. The molecule has 3 aromatic rings. The highest BCUT2D eigenvalue weighted by atomic mass is 35.5. The van der Waals surface area contributed by atoms with E-state index in [1.807, 2.05) is 32.8 Å². The lowest BCUT2D eigenvalue weighted by Crippen LogP contribution is -3.00. The molecule has 0 unspecified atom stereocenters. The van der Waals surface area contributed by atoms with Gasteiger partial charge in [-0.05, 0) is 167 Å². The molecule has 76 heavy (non-hydrogen) atoms. The molecular weight excluding hydrogens is 999 g/mol. The molecule has 2 aliphatic rings. The standard InChI is InChI=1S/C62H98N2O10P.ClH/c1-14-53-62(11,71)57(68)48(9)64(40-44(5)39-61(10,70)58(46(7)55(66)47(8)59(69)73-53)74-60-56(67)52(63(12)13)38-45(6)72-60)54(65)33-22-20-18-16-15-17-19-21-23-34-75(49-30-24-27-41(2)35-49,50-31-25-28-42(3)36-50)51-32-26-29-43(4)37-51;/h24-32,35-37,44-48,52-53,55-58,60,66-68,70-71H,14-23,33-34,38-40H2,1-13H3;1H/q+1;/p-1/t44-,45-,46+,47-,48-,52+,53-,55+,56-,57-,58-,60+,61-,62-;/m1./s1. The topological polar surface area (TPSA) is 169 Å². The monoisotopic (exact) mass is 1100 g/mol. The maximum Gasteiger partial charge on any atom is 0.311 e. The molecule has 3 aromatic carbocycles. The Hall–Kier alpha value is -3.00. The summed E-state index contributed by atoms with van der Waals surface area (Å²) in [6.07, 6.45) is 3.93. The number of benzene rings is 3. The first-order valence-corrected chi connectivity index (χ1v) is 30.4. The van der Waals surface area contributed by atoms with Crippen LogP contribution >= 0.6 is 7.26 Å². The van der Waals surface area contributed by atoms with Gasteiger partial charge >= 0.3 is 5.97 Å². The van der Waals surface area contributed by atoms with Gasteiger partial charge in [0.05, 0.1) is 42.0 Å². The lowest BCUT2D eigenvalue weighted by Gasteiger charge is -2.46. The van der Waals surface area contributed by atoms with Crippen LogP contribution in [0.25, 0.3) is 0 Å². The minimum atomic E-state index is -1.96. The van der Waals surface area contributed by atoms with Crippen molar-refractivity contribution in [3.8, 4) is 0 Å². The zero-order valence-corrected chi connectivity index (χ0v) is 50.1. The number of unbranched alkanes of at least 4 members (excludes halogenated alkanes) is 8. The molecule has 0 spiro atoms. The van der Waals surface area contributed by atoms with Gasteiger partial charge in [0.15, 0.2) is 6.29 Å². The predicted molar refractivity (Wildman–Crippen MR) is 304 cm³/mol. The Bertz CT molecular complexity index is 2150. The third-order valence-corrected chi connectivity index (χ3v) is 21.2. The van der Waals surface area contributed by atoms with Gasteiger partial charge in [0, 0.05) is 24.9 Å². The van der Waals surface area contributed by atoms with Gasteiger partial charge in [-0.1, -0.05) is 95.7 Å². The zero-order valence-electron chi connectivity index (χ0n) is 48.5. The number of ether oxygens (including phenoxy) is 3. The Kier molecular flexibility index (Phi) is 25.4. The second-order valence-electron chi connectivity index (χ2n) is 23.7. The number of likely N-dealkylation sites (N-methyl/N-ethyl adjacent to an activating group) is 1. The van der Waals surface area contributed by atoms with Gasteiger partial charge in [-0.25, -0.2) is 0 Å². The molecule has 0 aliphatic carbocycles. The van der Waals surface area contributed by atoms with E-state index in [-0.39, 0.29) is 62.2 Å². The van der Waals surface area contributed by atoms with Gasteiger partial charge in [-0.15, -0.1) is 0 Å². The highest BCUT2D eigenvalue weighted by molar-refractivity contribution is 7.95. The largest absolute Gasteiger partial charge is 1.00 e. The van der Waals surface area contributed by atoms with E-state index in [0.717, 1.165) is 44.7 Å². The number of halogens is 1. The fourth-order valence-corrected chi connectivity index (χ4v) is 16.9. The second kappa shape index (κ2) is 29.5. The van der Waals surface area contributed by atoms with E-state index in [1.165, 1.54) is 59.3 Å². The van der Waals surface area contributed by atoms with Crippen molar-refractivity contribution in [1.82, 2.24) is 9.80 Å². The predicted octanol–water partition coefficient (Wildman–Crippen LogP) is 5.70. The number of rotatable bonds is 19. The summed E-state index contributed by atoms with van der Waals surface area (Å²) in [6.45, 7) is 20.2. The normalized spacial score (nSPS) is 31.2. The van der Waals surface area contributed by atoms with E-state index >= 15 is 0 Å². The number of hydrogen-bond acceptors (Lipinski definition) is 11. The van der Waals surface area contributed by atoms with Gasteiger partial charge in [0.25, 0.3) is 0 Å². The highest BCUT2D eigenvalue weighted by Gasteiger charge is 2.51. The quantitative estimate of drug-likeness (QED) is 0.0568. The van der Waals surface area contributed by atoms with E-state index in [2.05, 4.69) is 93.6 Å². The van der Waals surface area contributed by atoms with Gasteiger partial charge in [0.2, 0.25) is 5.91 Å². The Morgan fingerprint density at radius 1 is 0.763 bits per heavy atom. The third-order valence-electron chi connectivity index (χ3n) is 16.7. The Morgan fingerprint density at radius 3 is 1.72 bits per heavy atom. The van der Waals surface area contributed by atoms with Crippen LogP contribution in [0.1, 0.15) is 156 Å². The molecule has 14 heteroatoms. The number of nitrogens with zero attached hydrogens (tertiary/aromatic N) is 2. The maximum absolute atomic E-state index is 14.4. The molecule has 14 atom stereocenters. The van der Waals surface area contributed by atoms with Crippen LogP contribution < -0.4 is 28.3 Å². The van der Waals surface area contributed by atoms with Crippen LogP contribution in [-0.4, -0.2) is 140 Å². The van der Waals surface area contributed by atoms with E-state index in [9.17, 15) is 35.1 Å². The van der Waals surface area contributed by atoms with E-state index < -0.39 is 79.1 Å². The SMILES string of the molecule is CC[C@H]1OC(=O)[C@H](C)[C@@H](O)[C@H](C)[C@@H](O[C@@H]2O[C@H](C)C[C@H](N(C)C)[C@H]2O)[C@](C)(O)C[C@@H](C)CN(C(=O)CCCCCCCCCCC[P+](c2cccc(C)c2)(c2cccc(C)c2)c2cccc(C)c2)[C@H](C)[C@@H](O)[C@]1(C)O.[Cl-]. The summed E-state index contributed by atoms with van der Waals surface area (Å²) >= 11 is 0. The van der Waals surface area contributed by atoms with Crippen molar-refractivity contribution < 1.29 is 61.7 Å². The zero-order chi connectivity index (χ0) is 55.4. The molecule has 12 nitrogen and oxygen atoms in total. The highest BCUT2D eigenvalue weighted by Crippen LogP contribution is 2.56. The molecule has 2 saturated heterocycles. The molecule has 5 rings (SSSR count). The first-order valence-electron chi connectivity index (χ1n) is 28.4.